The largest absolute Gasteiger partial charge is 0.324 e. The van der Waals surface area contributed by atoms with Gasteiger partial charge in [-0.3, -0.25) is 4.79 Å². The van der Waals surface area contributed by atoms with E-state index in [0.717, 1.165) is 11.1 Å². The Morgan fingerprint density at radius 3 is 1.90 bits per heavy atom. The summed E-state index contributed by atoms with van der Waals surface area (Å²) in [4.78, 5) is 10.8. The molecule has 0 spiro atoms. The van der Waals surface area contributed by atoms with Crippen molar-refractivity contribution in [3.63, 3.8) is 0 Å². The Bertz CT molecular complexity index is 573. The molecule has 2 heteroatoms. The first-order chi connectivity index (χ1) is 9.40. The normalized spacial score (nSPS) is 11.2. The van der Waals surface area contributed by atoms with E-state index in [9.17, 15) is 4.79 Å². The molecule has 0 aliphatic carbocycles. The van der Waals surface area contributed by atoms with Crippen molar-refractivity contribution in [2.75, 3.05) is 0 Å². The first kappa shape index (κ1) is 16.1. The van der Waals surface area contributed by atoms with Crippen LogP contribution in [-0.2, 0) is 0 Å². The highest BCUT2D eigenvalue weighted by atomic mass is 16.1. The maximum atomic E-state index is 10.8. The summed E-state index contributed by atoms with van der Waals surface area (Å²) in [6, 6.07) is 16.0. The Labute approximate surface area is 121 Å². The van der Waals surface area contributed by atoms with Crippen LogP contribution in [0.25, 0.3) is 0 Å². The van der Waals surface area contributed by atoms with Crippen molar-refractivity contribution in [1.29, 1.82) is 0 Å². The predicted molar refractivity (Wildman–Crippen MR) is 85.0 cm³/mol. The first-order valence-electron chi connectivity index (χ1n) is 6.80. The molecule has 0 bridgehead atoms. The van der Waals surface area contributed by atoms with Crippen molar-refractivity contribution >= 4 is 5.78 Å². The standard InChI is InChI=1S/C9H13N.C9H10O/c2*1-7-4-3-5-9(6-7)8(2)10/h3-6,8H,10H2,1-2H3;3-6H,1-2H3/t8-;/m1./s1. The number of aryl methyl sites for hydroxylation is 2. The highest BCUT2D eigenvalue weighted by Crippen LogP contribution is 2.10. The molecule has 0 aliphatic heterocycles. The SMILES string of the molecule is CC(=O)c1cccc(C)c1.Cc1cccc([C@@H](C)N)c1. The summed E-state index contributed by atoms with van der Waals surface area (Å²) in [5.41, 5.74) is 10.1. The molecule has 106 valence electrons. The summed E-state index contributed by atoms with van der Waals surface area (Å²) >= 11 is 0. The lowest BCUT2D eigenvalue weighted by Gasteiger charge is -2.04. The molecule has 0 aliphatic rings. The Kier molecular flexibility index (Phi) is 6.13. The average molecular weight is 269 g/mol. The summed E-state index contributed by atoms with van der Waals surface area (Å²) in [6.07, 6.45) is 0. The number of carbonyl (C=O) groups excluding carboxylic acids is 1. The number of ketones is 1. The van der Waals surface area contributed by atoms with Crippen LogP contribution in [0.5, 0.6) is 0 Å². The van der Waals surface area contributed by atoms with E-state index in [-0.39, 0.29) is 11.8 Å². The third-order valence-corrected chi connectivity index (χ3v) is 2.99. The van der Waals surface area contributed by atoms with Gasteiger partial charge in [0.2, 0.25) is 0 Å². The Balaban J connectivity index is 0.000000200. The lowest BCUT2D eigenvalue weighted by molar-refractivity contribution is 0.101. The average Bonchev–Trinajstić information content (AvgIpc) is 2.39. The van der Waals surface area contributed by atoms with Crippen LogP contribution in [0.1, 0.15) is 46.9 Å². The summed E-state index contributed by atoms with van der Waals surface area (Å²) in [7, 11) is 0. The molecule has 0 saturated carbocycles. The van der Waals surface area contributed by atoms with Gasteiger partial charge in [0.05, 0.1) is 0 Å². The van der Waals surface area contributed by atoms with Gasteiger partial charge in [0, 0.05) is 11.6 Å². The molecule has 2 N–H and O–H groups in total. The lowest BCUT2D eigenvalue weighted by Crippen LogP contribution is -2.04. The number of Topliss-reactive ketones (excluding diaryl/α,β-unsaturated/α-hetero) is 1. The second-order valence-corrected chi connectivity index (χ2v) is 5.13. The molecule has 0 radical (unpaired) electrons. The Morgan fingerprint density at radius 1 is 1.00 bits per heavy atom. The molecule has 0 saturated heterocycles. The fourth-order valence-electron chi connectivity index (χ4n) is 1.82. The predicted octanol–water partition coefficient (Wildman–Crippen LogP) is 4.21. The van der Waals surface area contributed by atoms with E-state index in [1.54, 1.807) is 6.92 Å². The summed E-state index contributed by atoms with van der Waals surface area (Å²) in [5, 5.41) is 0. The summed E-state index contributed by atoms with van der Waals surface area (Å²) in [6.45, 7) is 7.63. The molecule has 2 aromatic rings. The van der Waals surface area contributed by atoms with Gasteiger partial charge in [-0.1, -0.05) is 53.6 Å². The topological polar surface area (TPSA) is 43.1 Å². The quantitative estimate of drug-likeness (QED) is 0.830. The maximum Gasteiger partial charge on any atom is 0.159 e. The van der Waals surface area contributed by atoms with Crippen molar-refractivity contribution in [2.45, 2.75) is 33.7 Å². The van der Waals surface area contributed by atoms with Gasteiger partial charge in [-0.2, -0.15) is 0 Å². The number of carbonyl (C=O) groups is 1. The zero-order valence-electron chi connectivity index (χ0n) is 12.7. The molecule has 20 heavy (non-hydrogen) atoms. The molecule has 0 unspecified atom stereocenters. The fourth-order valence-corrected chi connectivity index (χ4v) is 1.82. The van der Waals surface area contributed by atoms with E-state index in [4.69, 9.17) is 5.73 Å². The maximum absolute atomic E-state index is 10.8. The Morgan fingerprint density at radius 2 is 1.55 bits per heavy atom. The molecule has 0 fully saturated rings. The van der Waals surface area contributed by atoms with E-state index in [1.165, 1.54) is 11.1 Å². The molecule has 2 aromatic carbocycles. The van der Waals surface area contributed by atoms with Gasteiger partial charge in [-0.15, -0.1) is 0 Å². The summed E-state index contributed by atoms with van der Waals surface area (Å²) < 4.78 is 0. The van der Waals surface area contributed by atoms with Gasteiger partial charge < -0.3 is 5.73 Å². The highest BCUT2D eigenvalue weighted by molar-refractivity contribution is 5.94. The van der Waals surface area contributed by atoms with Gasteiger partial charge in [0.15, 0.2) is 5.78 Å². The van der Waals surface area contributed by atoms with Crippen LogP contribution in [0.2, 0.25) is 0 Å². The molecule has 2 nitrogen and oxygen atoms in total. The first-order valence-corrected chi connectivity index (χ1v) is 6.80. The van der Waals surface area contributed by atoms with Crippen LogP contribution >= 0.6 is 0 Å². The van der Waals surface area contributed by atoms with Gasteiger partial charge >= 0.3 is 0 Å². The van der Waals surface area contributed by atoms with Crippen LogP contribution in [0, 0.1) is 13.8 Å². The molecule has 0 aromatic heterocycles. The van der Waals surface area contributed by atoms with E-state index < -0.39 is 0 Å². The minimum Gasteiger partial charge on any atom is -0.324 e. The van der Waals surface area contributed by atoms with Crippen LogP contribution in [-0.4, -0.2) is 5.78 Å². The number of nitrogens with two attached hydrogens (primary N) is 1. The van der Waals surface area contributed by atoms with Gasteiger partial charge in [0.25, 0.3) is 0 Å². The number of benzene rings is 2. The van der Waals surface area contributed by atoms with Gasteiger partial charge in [-0.25, -0.2) is 0 Å². The number of rotatable bonds is 2. The molecule has 0 heterocycles. The molecular formula is C18H23NO. The molecule has 0 amide bonds. The van der Waals surface area contributed by atoms with E-state index in [1.807, 2.05) is 44.2 Å². The fraction of sp³-hybridized carbons (Fsp3) is 0.278. The van der Waals surface area contributed by atoms with Gasteiger partial charge in [0.1, 0.15) is 0 Å². The second kappa shape index (κ2) is 7.61. The van der Waals surface area contributed by atoms with Crippen molar-refractivity contribution in [3.05, 3.63) is 70.8 Å². The number of hydrogen-bond acceptors (Lipinski definition) is 2. The molecule has 2 rings (SSSR count). The third kappa shape index (κ3) is 5.37. The van der Waals surface area contributed by atoms with Crippen molar-refractivity contribution in [1.82, 2.24) is 0 Å². The number of hydrogen-bond donors (Lipinski definition) is 1. The molecular weight excluding hydrogens is 246 g/mol. The van der Waals surface area contributed by atoms with Gasteiger partial charge in [-0.05, 0) is 39.3 Å². The monoisotopic (exact) mass is 269 g/mol. The minimum atomic E-state index is 0.128. The van der Waals surface area contributed by atoms with Crippen molar-refractivity contribution < 1.29 is 4.79 Å². The zero-order valence-corrected chi connectivity index (χ0v) is 12.7. The van der Waals surface area contributed by atoms with Crippen LogP contribution in [0.4, 0.5) is 0 Å². The van der Waals surface area contributed by atoms with E-state index >= 15 is 0 Å². The third-order valence-electron chi connectivity index (χ3n) is 2.99. The van der Waals surface area contributed by atoms with Crippen LogP contribution in [0.3, 0.4) is 0 Å². The van der Waals surface area contributed by atoms with Crippen LogP contribution in [0.15, 0.2) is 48.5 Å². The highest BCUT2D eigenvalue weighted by Gasteiger charge is 1.96. The molecule has 1 atom stereocenters. The van der Waals surface area contributed by atoms with Crippen molar-refractivity contribution in [2.24, 2.45) is 5.73 Å². The smallest absolute Gasteiger partial charge is 0.159 e. The Hall–Kier alpha value is -1.93. The van der Waals surface area contributed by atoms with Crippen molar-refractivity contribution in [3.8, 4) is 0 Å². The van der Waals surface area contributed by atoms with E-state index in [0.29, 0.717) is 0 Å². The van der Waals surface area contributed by atoms with E-state index in [2.05, 4.69) is 25.1 Å². The minimum absolute atomic E-state index is 0.128. The van der Waals surface area contributed by atoms with Crippen LogP contribution < -0.4 is 5.73 Å². The lowest BCUT2D eigenvalue weighted by atomic mass is 10.1. The zero-order chi connectivity index (χ0) is 15.1. The second-order valence-electron chi connectivity index (χ2n) is 5.13. The summed E-state index contributed by atoms with van der Waals surface area (Å²) in [5.74, 6) is 0.128.